The number of hydrogen-bond acceptors (Lipinski definition) is 6. The van der Waals surface area contributed by atoms with Crippen molar-refractivity contribution in [3.63, 3.8) is 0 Å². The quantitative estimate of drug-likeness (QED) is 0.251. The third-order valence-electron chi connectivity index (χ3n) is 6.21. The maximum absolute atomic E-state index is 13.8. The van der Waals surface area contributed by atoms with Gasteiger partial charge in [-0.2, -0.15) is 18.2 Å². The van der Waals surface area contributed by atoms with Crippen LogP contribution in [-0.4, -0.2) is 22.7 Å². The summed E-state index contributed by atoms with van der Waals surface area (Å²) in [5.41, 5.74) is 0.0989. The van der Waals surface area contributed by atoms with Gasteiger partial charge in [0.1, 0.15) is 22.9 Å². The van der Waals surface area contributed by atoms with Crippen molar-refractivity contribution in [2.45, 2.75) is 70.6 Å². The maximum Gasteiger partial charge on any atom is 0.421 e. The first-order valence-corrected chi connectivity index (χ1v) is 12.9. The summed E-state index contributed by atoms with van der Waals surface area (Å²) in [5.74, 6) is 0.926. The van der Waals surface area contributed by atoms with Crippen LogP contribution < -0.4 is 20.1 Å². The summed E-state index contributed by atoms with van der Waals surface area (Å²) in [6.07, 6.45) is 4.66. The van der Waals surface area contributed by atoms with Crippen molar-refractivity contribution >= 4 is 23.1 Å². The number of nitrogens with one attached hydrogen (secondary N) is 2. The van der Waals surface area contributed by atoms with Gasteiger partial charge in [-0.05, 0) is 68.5 Å². The fraction of sp³-hybridized carbons (Fsp3) is 0.429. The molecule has 1 aromatic heterocycles. The van der Waals surface area contributed by atoms with Crippen molar-refractivity contribution in [1.29, 1.82) is 0 Å². The Balaban J connectivity index is 1.51. The molecule has 1 fully saturated rings. The van der Waals surface area contributed by atoms with Crippen LogP contribution in [0, 0.1) is 0 Å². The van der Waals surface area contributed by atoms with Gasteiger partial charge in [-0.1, -0.05) is 38.3 Å². The largest absolute Gasteiger partial charge is 0.494 e. The highest BCUT2D eigenvalue weighted by molar-refractivity contribution is 5.67. The molecule has 6 nitrogen and oxygen atoms in total. The average molecular weight is 515 g/mol. The molecule has 2 N–H and O–H groups in total. The number of hydrogen-bond donors (Lipinski definition) is 2. The van der Waals surface area contributed by atoms with Crippen molar-refractivity contribution in [1.82, 2.24) is 9.97 Å². The van der Waals surface area contributed by atoms with Crippen LogP contribution in [0.15, 0.2) is 54.7 Å². The highest BCUT2D eigenvalue weighted by atomic mass is 19.4. The number of ether oxygens (including phenoxy) is 2. The number of anilines is 4. The standard InChI is InChI=1S/C28H33F3N4O2/c1-2-3-9-18-36-21-16-14-20(15-17-21)33-27-32-19-23(28(29,30)31)26(35-27)34-24-12-7-8-13-25(24)37-22-10-5-4-6-11-22/h7-8,12-17,19,22H,2-6,9-11,18H2,1H3,(H2,32,33,34,35). The number of para-hydroxylation sites is 2. The zero-order chi connectivity index (χ0) is 26.1. The van der Waals surface area contributed by atoms with E-state index in [1.165, 1.54) is 6.42 Å². The van der Waals surface area contributed by atoms with Gasteiger partial charge in [0.2, 0.25) is 5.95 Å². The number of benzene rings is 2. The number of aromatic nitrogens is 2. The van der Waals surface area contributed by atoms with Crippen molar-refractivity contribution in [2.75, 3.05) is 17.2 Å². The summed E-state index contributed by atoms with van der Waals surface area (Å²) in [6.45, 7) is 2.78. The van der Waals surface area contributed by atoms with Crippen LogP contribution in [0.5, 0.6) is 11.5 Å². The maximum atomic E-state index is 13.8. The first-order chi connectivity index (χ1) is 17.9. The lowest BCUT2D eigenvalue weighted by Crippen LogP contribution is -2.20. The van der Waals surface area contributed by atoms with Crippen molar-refractivity contribution in [2.24, 2.45) is 0 Å². The highest BCUT2D eigenvalue weighted by Gasteiger charge is 2.35. The van der Waals surface area contributed by atoms with E-state index in [0.717, 1.165) is 56.9 Å². The Morgan fingerprint density at radius 2 is 1.70 bits per heavy atom. The Labute approximate surface area is 215 Å². The molecule has 1 heterocycles. The Kier molecular flexibility index (Phi) is 9.09. The van der Waals surface area contributed by atoms with Crippen LogP contribution >= 0.6 is 0 Å². The van der Waals surface area contributed by atoms with E-state index in [2.05, 4.69) is 27.5 Å². The monoisotopic (exact) mass is 514 g/mol. The molecular formula is C28H33F3N4O2. The van der Waals surface area contributed by atoms with Gasteiger partial charge in [-0.3, -0.25) is 0 Å². The fourth-order valence-electron chi connectivity index (χ4n) is 4.21. The molecule has 3 aromatic rings. The summed E-state index contributed by atoms with van der Waals surface area (Å²) in [6, 6.07) is 14.1. The van der Waals surface area contributed by atoms with Crippen molar-refractivity contribution in [3.05, 3.63) is 60.3 Å². The van der Waals surface area contributed by atoms with E-state index in [0.29, 0.717) is 23.7 Å². The number of rotatable bonds is 11. The fourth-order valence-corrected chi connectivity index (χ4v) is 4.21. The molecule has 0 radical (unpaired) electrons. The predicted octanol–water partition coefficient (Wildman–Crippen LogP) is 8.26. The molecule has 2 aromatic carbocycles. The average Bonchev–Trinajstić information content (AvgIpc) is 2.89. The molecule has 1 aliphatic rings. The van der Waals surface area contributed by atoms with Gasteiger partial charge in [0.15, 0.2) is 0 Å². The molecule has 1 saturated carbocycles. The number of nitrogens with zero attached hydrogens (tertiary/aromatic N) is 2. The van der Waals surface area contributed by atoms with Gasteiger partial charge in [0.25, 0.3) is 0 Å². The second-order valence-corrected chi connectivity index (χ2v) is 9.16. The van der Waals surface area contributed by atoms with Gasteiger partial charge >= 0.3 is 6.18 Å². The van der Waals surface area contributed by atoms with Crippen LogP contribution in [0.1, 0.15) is 63.9 Å². The van der Waals surface area contributed by atoms with Crippen LogP contribution in [0.4, 0.5) is 36.3 Å². The van der Waals surface area contributed by atoms with Crippen LogP contribution in [0.25, 0.3) is 0 Å². The number of unbranched alkanes of at least 4 members (excludes halogenated alkanes) is 2. The molecule has 0 saturated heterocycles. The second kappa shape index (κ2) is 12.7. The van der Waals surface area contributed by atoms with Gasteiger partial charge < -0.3 is 20.1 Å². The molecule has 0 atom stereocenters. The smallest absolute Gasteiger partial charge is 0.421 e. The highest BCUT2D eigenvalue weighted by Crippen LogP contribution is 2.38. The molecule has 0 amide bonds. The van der Waals surface area contributed by atoms with E-state index in [-0.39, 0.29) is 17.9 Å². The first kappa shape index (κ1) is 26.6. The van der Waals surface area contributed by atoms with Gasteiger partial charge in [-0.15, -0.1) is 0 Å². The Morgan fingerprint density at radius 1 is 0.946 bits per heavy atom. The molecule has 198 valence electrons. The van der Waals surface area contributed by atoms with Crippen LogP contribution in [-0.2, 0) is 6.18 Å². The molecule has 0 aliphatic heterocycles. The normalized spacial score (nSPS) is 14.3. The number of alkyl halides is 3. The third kappa shape index (κ3) is 7.74. The van der Waals surface area contributed by atoms with E-state index in [9.17, 15) is 13.2 Å². The molecular weight excluding hydrogens is 481 g/mol. The lowest BCUT2D eigenvalue weighted by molar-refractivity contribution is -0.137. The third-order valence-corrected chi connectivity index (χ3v) is 6.21. The van der Waals surface area contributed by atoms with E-state index in [1.54, 1.807) is 48.5 Å². The Morgan fingerprint density at radius 3 is 2.43 bits per heavy atom. The van der Waals surface area contributed by atoms with Gasteiger partial charge in [-0.25, -0.2) is 4.98 Å². The number of halogens is 3. The Hall–Kier alpha value is -3.49. The summed E-state index contributed by atoms with van der Waals surface area (Å²) >= 11 is 0. The van der Waals surface area contributed by atoms with E-state index < -0.39 is 11.7 Å². The molecule has 0 spiro atoms. The molecule has 37 heavy (non-hydrogen) atoms. The van der Waals surface area contributed by atoms with E-state index in [4.69, 9.17) is 9.47 Å². The summed E-state index contributed by atoms with van der Waals surface area (Å²) in [4.78, 5) is 8.08. The van der Waals surface area contributed by atoms with Crippen LogP contribution in [0.2, 0.25) is 0 Å². The van der Waals surface area contributed by atoms with Crippen LogP contribution in [0.3, 0.4) is 0 Å². The zero-order valence-electron chi connectivity index (χ0n) is 21.0. The van der Waals surface area contributed by atoms with Gasteiger partial charge in [0.05, 0.1) is 18.4 Å². The molecule has 0 bridgehead atoms. The molecule has 0 unspecified atom stereocenters. The summed E-state index contributed by atoms with van der Waals surface area (Å²) in [7, 11) is 0. The minimum absolute atomic E-state index is 0.0396. The minimum Gasteiger partial charge on any atom is -0.494 e. The predicted molar refractivity (Wildman–Crippen MR) is 139 cm³/mol. The summed E-state index contributed by atoms with van der Waals surface area (Å²) in [5, 5.41) is 5.83. The second-order valence-electron chi connectivity index (χ2n) is 9.16. The van der Waals surface area contributed by atoms with E-state index >= 15 is 0 Å². The SMILES string of the molecule is CCCCCOc1ccc(Nc2ncc(C(F)(F)F)c(Nc3ccccc3OC3CCCCC3)n2)cc1. The topological polar surface area (TPSA) is 68.3 Å². The first-order valence-electron chi connectivity index (χ1n) is 12.9. The zero-order valence-corrected chi connectivity index (χ0v) is 21.0. The van der Waals surface area contributed by atoms with Gasteiger partial charge in [0, 0.05) is 11.9 Å². The van der Waals surface area contributed by atoms with Crippen molar-refractivity contribution in [3.8, 4) is 11.5 Å². The van der Waals surface area contributed by atoms with Crippen molar-refractivity contribution < 1.29 is 22.6 Å². The Bertz CT molecular complexity index is 1130. The molecule has 1 aliphatic carbocycles. The van der Waals surface area contributed by atoms with E-state index in [1.807, 2.05) is 0 Å². The lowest BCUT2D eigenvalue weighted by atomic mass is 9.98. The minimum atomic E-state index is -4.63. The summed E-state index contributed by atoms with van der Waals surface area (Å²) < 4.78 is 53.2. The lowest BCUT2D eigenvalue weighted by Gasteiger charge is -2.24. The molecule has 9 heteroatoms. The molecule has 4 rings (SSSR count).